The summed E-state index contributed by atoms with van der Waals surface area (Å²) in [6.07, 6.45) is 0.371. The molecular weight excluding hydrogens is 288 g/mol. The number of para-hydroxylation sites is 1. The Kier molecular flexibility index (Phi) is 3.18. The zero-order chi connectivity index (χ0) is 16.0. The van der Waals surface area contributed by atoms with Crippen LogP contribution < -0.4 is 10.6 Å². The number of nitrogens with one attached hydrogen (secondary N) is 2. The summed E-state index contributed by atoms with van der Waals surface area (Å²) in [5, 5.41) is 6.46. The summed E-state index contributed by atoms with van der Waals surface area (Å²) in [6.45, 7) is 2.03. The Morgan fingerprint density at radius 3 is 2.48 bits per heavy atom. The number of carbonyl (C=O) groups is 2. The maximum absolute atomic E-state index is 12.6. The van der Waals surface area contributed by atoms with Crippen LogP contribution in [0.15, 0.2) is 48.5 Å². The predicted octanol–water partition coefficient (Wildman–Crippen LogP) is 2.64. The molecule has 1 amide bonds. The lowest BCUT2D eigenvalue weighted by molar-refractivity contribution is -0.118. The van der Waals surface area contributed by atoms with Gasteiger partial charge in [0.15, 0.2) is 0 Å². The van der Waals surface area contributed by atoms with Crippen molar-refractivity contribution in [2.24, 2.45) is 0 Å². The Morgan fingerprint density at radius 2 is 1.70 bits per heavy atom. The molecule has 23 heavy (non-hydrogen) atoms. The molecule has 2 aliphatic rings. The molecule has 2 aromatic rings. The van der Waals surface area contributed by atoms with Gasteiger partial charge in [-0.1, -0.05) is 42.0 Å². The van der Waals surface area contributed by atoms with Crippen LogP contribution in [-0.2, 0) is 4.79 Å². The molecule has 2 aromatic carbocycles. The van der Waals surface area contributed by atoms with Gasteiger partial charge in [0, 0.05) is 12.1 Å². The van der Waals surface area contributed by atoms with Gasteiger partial charge < -0.3 is 10.6 Å². The highest BCUT2D eigenvalue weighted by molar-refractivity contribution is 6.02. The van der Waals surface area contributed by atoms with Crippen molar-refractivity contribution in [1.82, 2.24) is 5.32 Å². The minimum absolute atomic E-state index is 0.113. The number of amides is 1. The van der Waals surface area contributed by atoms with Crippen molar-refractivity contribution in [2.45, 2.75) is 31.3 Å². The van der Waals surface area contributed by atoms with Crippen LogP contribution in [0.2, 0.25) is 0 Å². The lowest BCUT2D eigenvalue weighted by Crippen LogP contribution is -2.42. The molecule has 4 rings (SSSR count). The van der Waals surface area contributed by atoms with Crippen LogP contribution in [0.25, 0.3) is 0 Å². The molecule has 1 fully saturated rings. The number of anilines is 1. The molecule has 4 nitrogen and oxygen atoms in total. The summed E-state index contributed by atoms with van der Waals surface area (Å²) >= 11 is 0. The molecule has 1 aliphatic heterocycles. The van der Waals surface area contributed by atoms with Gasteiger partial charge in [-0.2, -0.15) is 0 Å². The first-order valence-electron chi connectivity index (χ1n) is 7.89. The molecule has 2 N–H and O–H groups in total. The van der Waals surface area contributed by atoms with Crippen molar-refractivity contribution in [3.63, 3.8) is 0 Å². The maximum atomic E-state index is 12.6. The molecule has 3 atom stereocenters. The average Bonchev–Trinajstić information content (AvgIpc) is 2.76. The molecule has 1 aliphatic carbocycles. The second kappa shape index (κ2) is 5.23. The van der Waals surface area contributed by atoms with Crippen LogP contribution in [0.4, 0.5) is 5.69 Å². The fourth-order valence-corrected chi connectivity index (χ4v) is 3.63. The number of Topliss-reactive ketones (excluding diaryl/α,β-unsaturated/α-hetero) is 1. The molecule has 116 valence electrons. The highest BCUT2D eigenvalue weighted by Crippen LogP contribution is 2.36. The Balaban J connectivity index is 1.75. The Hall–Kier alpha value is -2.62. The van der Waals surface area contributed by atoms with Crippen LogP contribution >= 0.6 is 0 Å². The molecular formula is C19H18N2O2. The molecule has 0 bridgehead atoms. The van der Waals surface area contributed by atoms with E-state index in [1.165, 1.54) is 5.56 Å². The van der Waals surface area contributed by atoms with E-state index in [0.29, 0.717) is 12.0 Å². The molecule has 0 aromatic heterocycles. The Labute approximate surface area is 134 Å². The number of aryl methyl sites for hydroxylation is 1. The van der Waals surface area contributed by atoms with E-state index < -0.39 is 0 Å². The third kappa shape index (κ3) is 2.31. The Morgan fingerprint density at radius 1 is 0.957 bits per heavy atom. The number of hydrogen-bond acceptors (Lipinski definition) is 3. The maximum Gasteiger partial charge on any atom is 0.253 e. The zero-order valence-electron chi connectivity index (χ0n) is 12.9. The summed E-state index contributed by atoms with van der Waals surface area (Å²) in [7, 11) is 0. The molecule has 4 heteroatoms. The first-order valence-corrected chi connectivity index (χ1v) is 7.89. The lowest BCUT2D eigenvalue weighted by atomic mass is 9.91. The van der Waals surface area contributed by atoms with E-state index in [1.54, 1.807) is 6.07 Å². The van der Waals surface area contributed by atoms with Crippen molar-refractivity contribution in [3.05, 3.63) is 65.2 Å². The highest BCUT2D eigenvalue weighted by atomic mass is 16.2. The van der Waals surface area contributed by atoms with E-state index in [4.69, 9.17) is 0 Å². The summed E-state index contributed by atoms with van der Waals surface area (Å²) in [5.41, 5.74) is 3.61. The number of rotatable bonds is 1. The number of ketones is 1. The van der Waals surface area contributed by atoms with Crippen LogP contribution in [0.5, 0.6) is 0 Å². The van der Waals surface area contributed by atoms with Crippen molar-refractivity contribution in [1.29, 1.82) is 0 Å². The highest BCUT2D eigenvalue weighted by Gasteiger charge is 2.45. The standard InChI is InChI=1S/C19H18N2O2/c1-11-6-8-12(9-7-11)17-16(22)10-15-18(17)20-14-5-3-2-4-13(14)19(23)21-15/h2-9,15,17-18,20H,10H2,1H3,(H,21,23)/t15-,17-,18-/m1/s1. The van der Waals surface area contributed by atoms with Crippen LogP contribution in [0, 0.1) is 6.92 Å². The molecule has 1 saturated carbocycles. The van der Waals surface area contributed by atoms with Gasteiger partial charge in [0.25, 0.3) is 5.91 Å². The predicted molar refractivity (Wildman–Crippen MR) is 88.7 cm³/mol. The van der Waals surface area contributed by atoms with Gasteiger partial charge in [-0.05, 0) is 24.6 Å². The monoisotopic (exact) mass is 306 g/mol. The first-order chi connectivity index (χ1) is 11.1. The SMILES string of the molecule is Cc1ccc([C@@H]2C(=O)C[C@H]3NC(=O)c4ccccc4N[C@H]32)cc1. The first kappa shape index (κ1) is 14.0. The van der Waals surface area contributed by atoms with E-state index in [0.717, 1.165) is 11.3 Å². The van der Waals surface area contributed by atoms with E-state index in [2.05, 4.69) is 10.6 Å². The quantitative estimate of drug-likeness (QED) is 0.851. The van der Waals surface area contributed by atoms with E-state index in [1.807, 2.05) is 49.4 Å². The van der Waals surface area contributed by atoms with Crippen LogP contribution in [0.1, 0.15) is 33.8 Å². The number of carbonyl (C=O) groups excluding carboxylic acids is 2. The van der Waals surface area contributed by atoms with Crippen LogP contribution in [-0.4, -0.2) is 23.8 Å². The summed E-state index contributed by atoms with van der Waals surface area (Å²) in [4.78, 5) is 24.9. The van der Waals surface area contributed by atoms with Gasteiger partial charge in [-0.15, -0.1) is 0 Å². The van der Waals surface area contributed by atoms with Crippen molar-refractivity contribution >= 4 is 17.4 Å². The molecule has 0 saturated heterocycles. The van der Waals surface area contributed by atoms with Crippen molar-refractivity contribution in [3.8, 4) is 0 Å². The fraction of sp³-hybridized carbons (Fsp3) is 0.263. The van der Waals surface area contributed by atoms with Gasteiger partial charge in [0.05, 0.1) is 23.6 Å². The Bertz CT molecular complexity index is 782. The summed E-state index contributed by atoms with van der Waals surface area (Å²) in [6, 6.07) is 15.3. The van der Waals surface area contributed by atoms with Crippen molar-refractivity contribution in [2.75, 3.05) is 5.32 Å². The van der Waals surface area contributed by atoms with E-state index in [9.17, 15) is 9.59 Å². The zero-order valence-corrected chi connectivity index (χ0v) is 12.9. The van der Waals surface area contributed by atoms with Crippen LogP contribution in [0.3, 0.4) is 0 Å². The summed E-state index contributed by atoms with van der Waals surface area (Å²) in [5.74, 6) is -0.166. The average molecular weight is 306 g/mol. The lowest BCUT2D eigenvalue weighted by Gasteiger charge is -2.24. The number of fused-ring (bicyclic) bond motifs is 2. The van der Waals surface area contributed by atoms with Gasteiger partial charge in [-0.3, -0.25) is 9.59 Å². The topological polar surface area (TPSA) is 58.2 Å². The third-order valence-electron chi connectivity index (χ3n) is 4.81. The largest absolute Gasteiger partial charge is 0.379 e. The second-order valence-electron chi connectivity index (χ2n) is 6.35. The third-order valence-corrected chi connectivity index (χ3v) is 4.81. The fourth-order valence-electron chi connectivity index (χ4n) is 3.63. The number of benzene rings is 2. The normalized spacial score (nSPS) is 25.9. The minimum Gasteiger partial charge on any atom is -0.379 e. The number of hydrogen-bond donors (Lipinski definition) is 2. The van der Waals surface area contributed by atoms with Gasteiger partial charge in [0.2, 0.25) is 0 Å². The van der Waals surface area contributed by atoms with Gasteiger partial charge in [-0.25, -0.2) is 0 Å². The minimum atomic E-state index is -0.230. The molecule has 0 radical (unpaired) electrons. The molecule has 0 unspecified atom stereocenters. The smallest absolute Gasteiger partial charge is 0.253 e. The van der Waals surface area contributed by atoms with Crippen molar-refractivity contribution < 1.29 is 9.59 Å². The molecule has 1 heterocycles. The van der Waals surface area contributed by atoms with Gasteiger partial charge in [0.1, 0.15) is 5.78 Å². The van der Waals surface area contributed by atoms with E-state index in [-0.39, 0.29) is 29.7 Å². The second-order valence-corrected chi connectivity index (χ2v) is 6.35. The molecule has 0 spiro atoms. The summed E-state index contributed by atoms with van der Waals surface area (Å²) < 4.78 is 0. The van der Waals surface area contributed by atoms with E-state index >= 15 is 0 Å². The van der Waals surface area contributed by atoms with Gasteiger partial charge >= 0.3 is 0 Å².